The molecule has 1 atom stereocenters. The molecule has 0 aliphatic rings. The maximum atomic E-state index is 13.0. The first-order chi connectivity index (χ1) is 13.6. The van der Waals surface area contributed by atoms with E-state index in [1.54, 1.807) is 16.8 Å². The summed E-state index contributed by atoms with van der Waals surface area (Å²) in [5.41, 5.74) is 6.78. The highest BCUT2D eigenvalue weighted by atomic mass is 35.5. The predicted molar refractivity (Wildman–Crippen MR) is 115 cm³/mol. The second-order valence-electron chi connectivity index (χ2n) is 7.93. The molecule has 2 aromatic carbocycles. The average Bonchev–Trinajstić information content (AvgIpc) is 2.99. The lowest BCUT2D eigenvalue weighted by atomic mass is 9.86. The van der Waals surface area contributed by atoms with Crippen LogP contribution >= 0.6 is 23.2 Å². The van der Waals surface area contributed by atoms with Gasteiger partial charge < -0.3 is 11.1 Å². The molecule has 3 N–H and O–H groups in total. The molecule has 0 aliphatic heterocycles. The smallest absolute Gasteiger partial charge is 0.273 e. The number of nitrogens with one attached hydrogen (secondary N) is 1. The molecule has 3 rings (SSSR count). The summed E-state index contributed by atoms with van der Waals surface area (Å²) in [5, 5.41) is 8.97. The van der Waals surface area contributed by atoms with Gasteiger partial charge in [0.1, 0.15) is 6.04 Å². The zero-order valence-electron chi connectivity index (χ0n) is 16.4. The molecule has 29 heavy (non-hydrogen) atoms. The molecule has 1 aromatic heterocycles. The number of nitrogens with zero attached hydrogens (tertiary/aromatic N) is 2. The van der Waals surface area contributed by atoms with E-state index in [1.807, 2.05) is 51.1 Å². The van der Waals surface area contributed by atoms with E-state index in [4.69, 9.17) is 28.9 Å². The summed E-state index contributed by atoms with van der Waals surface area (Å²) in [6.45, 7) is 5.87. The number of carbonyl (C=O) groups excluding carboxylic acids is 2. The summed E-state index contributed by atoms with van der Waals surface area (Å²) in [6.07, 6.45) is 0. The number of nitrogens with two attached hydrogens (primary N) is 1. The summed E-state index contributed by atoms with van der Waals surface area (Å²) >= 11 is 12.3. The van der Waals surface area contributed by atoms with Crippen molar-refractivity contribution in [3.8, 4) is 0 Å². The quantitative estimate of drug-likeness (QED) is 0.637. The van der Waals surface area contributed by atoms with E-state index in [9.17, 15) is 9.59 Å². The average molecular weight is 433 g/mol. The van der Waals surface area contributed by atoms with Crippen LogP contribution in [-0.2, 0) is 11.3 Å². The number of carbonyl (C=O) groups is 2. The van der Waals surface area contributed by atoms with Gasteiger partial charge in [0.15, 0.2) is 5.69 Å². The highest BCUT2D eigenvalue weighted by Crippen LogP contribution is 2.25. The number of hydrogen-bond acceptors (Lipinski definition) is 3. The van der Waals surface area contributed by atoms with Crippen molar-refractivity contribution in [2.45, 2.75) is 33.4 Å². The highest BCUT2D eigenvalue weighted by molar-refractivity contribution is 6.35. The zero-order valence-corrected chi connectivity index (χ0v) is 17.9. The summed E-state index contributed by atoms with van der Waals surface area (Å²) in [6, 6.07) is 11.8. The van der Waals surface area contributed by atoms with E-state index in [0.717, 1.165) is 11.1 Å². The lowest BCUT2D eigenvalue weighted by molar-refractivity contribution is -0.122. The van der Waals surface area contributed by atoms with Crippen LogP contribution in [0.2, 0.25) is 10.0 Å². The summed E-state index contributed by atoms with van der Waals surface area (Å²) in [7, 11) is 0. The van der Waals surface area contributed by atoms with Gasteiger partial charge in [0.2, 0.25) is 5.91 Å². The third-order valence-electron chi connectivity index (χ3n) is 4.63. The first-order valence-corrected chi connectivity index (χ1v) is 9.83. The van der Waals surface area contributed by atoms with Crippen LogP contribution in [-0.4, -0.2) is 27.6 Å². The summed E-state index contributed by atoms with van der Waals surface area (Å²) in [5.74, 6) is -1.05. The minimum Gasteiger partial charge on any atom is -0.368 e. The standard InChI is InChI=1S/C21H22Cl2N4O2/c1-21(2,3)18(19(24)28)25-20(29)17-14-6-4-5-7-16(14)27(26-17)11-12-8-9-13(22)10-15(12)23/h4-10,18H,11H2,1-3H3,(H2,24,28)(H,25,29). The van der Waals surface area contributed by atoms with Crippen molar-refractivity contribution in [2.24, 2.45) is 11.1 Å². The van der Waals surface area contributed by atoms with Crippen LogP contribution < -0.4 is 11.1 Å². The number of hydrogen-bond donors (Lipinski definition) is 2. The van der Waals surface area contributed by atoms with Crippen molar-refractivity contribution >= 4 is 45.9 Å². The number of primary amides is 1. The second-order valence-corrected chi connectivity index (χ2v) is 8.78. The van der Waals surface area contributed by atoms with Gasteiger partial charge in [-0.1, -0.05) is 68.2 Å². The Morgan fingerprint density at radius 3 is 2.48 bits per heavy atom. The topological polar surface area (TPSA) is 90.0 Å². The van der Waals surface area contributed by atoms with Gasteiger partial charge in [0.25, 0.3) is 5.91 Å². The van der Waals surface area contributed by atoms with Crippen LogP contribution in [0.3, 0.4) is 0 Å². The van der Waals surface area contributed by atoms with Gasteiger partial charge in [-0.15, -0.1) is 0 Å². The van der Waals surface area contributed by atoms with Gasteiger partial charge in [-0.05, 0) is 29.2 Å². The summed E-state index contributed by atoms with van der Waals surface area (Å²) < 4.78 is 1.70. The minimum atomic E-state index is -0.829. The Kier molecular flexibility index (Phi) is 5.87. The molecule has 2 amide bonds. The molecule has 0 aliphatic carbocycles. The molecule has 0 bridgehead atoms. The fraction of sp³-hybridized carbons (Fsp3) is 0.286. The minimum absolute atomic E-state index is 0.223. The molecule has 0 fully saturated rings. The Labute approximate surface area is 179 Å². The number of benzene rings is 2. The van der Waals surface area contributed by atoms with Gasteiger partial charge in [-0.25, -0.2) is 0 Å². The van der Waals surface area contributed by atoms with Gasteiger partial charge in [-0.2, -0.15) is 5.10 Å². The molecule has 0 radical (unpaired) electrons. The normalized spacial score (nSPS) is 12.7. The van der Waals surface area contributed by atoms with E-state index in [0.29, 0.717) is 22.0 Å². The Morgan fingerprint density at radius 1 is 1.17 bits per heavy atom. The highest BCUT2D eigenvalue weighted by Gasteiger charge is 2.32. The van der Waals surface area contributed by atoms with Crippen LogP contribution in [0.25, 0.3) is 10.9 Å². The number of fused-ring (bicyclic) bond motifs is 1. The fourth-order valence-electron chi connectivity index (χ4n) is 3.14. The zero-order chi connectivity index (χ0) is 21.3. The Balaban J connectivity index is 1.99. The second kappa shape index (κ2) is 8.05. The lowest BCUT2D eigenvalue weighted by Gasteiger charge is -2.28. The molecular formula is C21H22Cl2N4O2. The van der Waals surface area contributed by atoms with Crippen molar-refractivity contribution in [2.75, 3.05) is 0 Å². The number of halogens is 2. The number of aromatic nitrogens is 2. The SMILES string of the molecule is CC(C)(C)C(NC(=O)c1nn(Cc2ccc(Cl)cc2Cl)c2ccccc12)C(N)=O. The monoisotopic (exact) mass is 432 g/mol. The Morgan fingerprint density at radius 2 is 1.86 bits per heavy atom. The summed E-state index contributed by atoms with van der Waals surface area (Å²) in [4.78, 5) is 24.8. The van der Waals surface area contributed by atoms with Gasteiger partial charge in [0, 0.05) is 15.4 Å². The van der Waals surface area contributed by atoms with Crippen LogP contribution in [0.4, 0.5) is 0 Å². The van der Waals surface area contributed by atoms with E-state index < -0.39 is 23.3 Å². The molecule has 8 heteroatoms. The molecule has 3 aromatic rings. The molecule has 0 spiro atoms. The fourth-order valence-corrected chi connectivity index (χ4v) is 3.61. The first-order valence-electron chi connectivity index (χ1n) is 9.07. The van der Waals surface area contributed by atoms with E-state index in [2.05, 4.69) is 10.4 Å². The lowest BCUT2D eigenvalue weighted by Crippen LogP contribution is -2.52. The van der Waals surface area contributed by atoms with Crippen molar-refractivity contribution in [1.29, 1.82) is 0 Å². The molecule has 1 heterocycles. The van der Waals surface area contributed by atoms with Crippen molar-refractivity contribution in [3.63, 3.8) is 0 Å². The van der Waals surface area contributed by atoms with E-state index >= 15 is 0 Å². The number of amides is 2. The predicted octanol–water partition coefficient (Wildman–Crippen LogP) is 4.02. The van der Waals surface area contributed by atoms with Crippen molar-refractivity contribution < 1.29 is 9.59 Å². The van der Waals surface area contributed by atoms with Gasteiger partial charge in [-0.3, -0.25) is 14.3 Å². The van der Waals surface area contributed by atoms with Crippen LogP contribution in [0.1, 0.15) is 36.8 Å². The van der Waals surface area contributed by atoms with Crippen molar-refractivity contribution in [1.82, 2.24) is 15.1 Å². The van der Waals surface area contributed by atoms with Crippen LogP contribution in [0.15, 0.2) is 42.5 Å². The molecule has 152 valence electrons. The number of para-hydroxylation sites is 1. The molecule has 0 saturated heterocycles. The van der Waals surface area contributed by atoms with Gasteiger partial charge in [0.05, 0.1) is 12.1 Å². The van der Waals surface area contributed by atoms with Gasteiger partial charge >= 0.3 is 0 Å². The Bertz CT molecular complexity index is 1090. The largest absolute Gasteiger partial charge is 0.368 e. The third kappa shape index (κ3) is 4.54. The van der Waals surface area contributed by atoms with E-state index in [1.165, 1.54) is 0 Å². The Hall–Kier alpha value is -2.57. The molecular weight excluding hydrogens is 411 g/mol. The number of rotatable bonds is 5. The van der Waals surface area contributed by atoms with Crippen LogP contribution in [0.5, 0.6) is 0 Å². The van der Waals surface area contributed by atoms with E-state index in [-0.39, 0.29) is 5.69 Å². The molecule has 0 saturated carbocycles. The van der Waals surface area contributed by atoms with Crippen LogP contribution in [0, 0.1) is 5.41 Å². The molecule has 6 nitrogen and oxygen atoms in total. The van der Waals surface area contributed by atoms with Crippen molar-refractivity contribution in [3.05, 3.63) is 63.8 Å². The first kappa shape index (κ1) is 21.1. The molecule has 1 unspecified atom stereocenters. The maximum Gasteiger partial charge on any atom is 0.273 e. The third-order valence-corrected chi connectivity index (χ3v) is 5.22. The maximum absolute atomic E-state index is 13.0.